The number of nitrogens with one attached hydrogen (secondary N) is 3. The molecule has 0 radical (unpaired) electrons. The van der Waals surface area contributed by atoms with E-state index in [1.165, 1.54) is 4.90 Å². The summed E-state index contributed by atoms with van der Waals surface area (Å²) in [5.41, 5.74) is 0.685. The van der Waals surface area contributed by atoms with Gasteiger partial charge in [0.2, 0.25) is 17.7 Å². The van der Waals surface area contributed by atoms with Crippen LogP contribution in [-0.4, -0.2) is 70.6 Å². The van der Waals surface area contributed by atoms with Crippen LogP contribution < -0.4 is 16.0 Å². The van der Waals surface area contributed by atoms with Crippen molar-refractivity contribution in [3.63, 3.8) is 0 Å². The van der Waals surface area contributed by atoms with E-state index in [0.29, 0.717) is 36.5 Å². The second kappa shape index (κ2) is 10.1. The molecule has 0 saturated carbocycles. The first-order chi connectivity index (χ1) is 16.7. The lowest BCUT2D eigenvalue weighted by atomic mass is 9.83. The van der Waals surface area contributed by atoms with Crippen LogP contribution in [-0.2, 0) is 19.1 Å². The number of carbonyl (C=O) groups excluding carboxylic acids is 3. The summed E-state index contributed by atoms with van der Waals surface area (Å²) in [5.74, 6) is -0.425. The Morgan fingerprint density at radius 3 is 2.60 bits per heavy atom. The molecular formula is C25H32N6O4. The number of hydrogen-bond donors (Lipinski definition) is 3. The van der Waals surface area contributed by atoms with Gasteiger partial charge in [-0.15, -0.1) is 0 Å². The molecule has 1 aromatic heterocycles. The van der Waals surface area contributed by atoms with Crippen LogP contribution in [0.4, 0.5) is 5.69 Å². The fourth-order valence-electron chi connectivity index (χ4n) is 4.71. The molecule has 2 aromatic rings. The number of nitrogens with zero attached hydrogens (tertiary/aromatic N) is 3. The summed E-state index contributed by atoms with van der Waals surface area (Å²) >= 11 is 0. The van der Waals surface area contributed by atoms with Crippen LogP contribution in [0.5, 0.6) is 0 Å². The molecule has 0 aliphatic carbocycles. The van der Waals surface area contributed by atoms with Crippen LogP contribution in [0.1, 0.15) is 33.6 Å². The highest BCUT2D eigenvalue weighted by Gasteiger charge is 2.55. The van der Waals surface area contributed by atoms with Gasteiger partial charge in [0.25, 0.3) is 0 Å². The van der Waals surface area contributed by atoms with Crippen molar-refractivity contribution in [1.29, 1.82) is 0 Å². The topological polar surface area (TPSA) is 126 Å². The molecule has 2 saturated heterocycles. The number of rotatable bonds is 6. The zero-order chi connectivity index (χ0) is 25.2. The van der Waals surface area contributed by atoms with Crippen molar-refractivity contribution < 1.29 is 19.1 Å². The van der Waals surface area contributed by atoms with Crippen LogP contribution >= 0.6 is 0 Å². The predicted molar refractivity (Wildman–Crippen MR) is 130 cm³/mol. The average molecular weight is 481 g/mol. The summed E-state index contributed by atoms with van der Waals surface area (Å²) in [4.78, 5) is 49.9. The molecule has 2 fully saturated rings. The Bertz CT molecular complexity index is 1090. The molecule has 1 unspecified atom stereocenters. The SMILES string of the molecule is CN[C@@H](C)C(=O)N[C@H]1CCOC2CC(C)(C)[C@@H](C(=O)Nc3ccccc3-c3ncccn3)N2C1=O. The van der Waals surface area contributed by atoms with Crippen molar-refractivity contribution in [2.24, 2.45) is 5.41 Å². The van der Waals surface area contributed by atoms with Gasteiger partial charge in [-0.3, -0.25) is 14.4 Å². The highest BCUT2D eigenvalue weighted by molar-refractivity contribution is 6.01. The van der Waals surface area contributed by atoms with E-state index < -0.39 is 29.8 Å². The van der Waals surface area contributed by atoms with Gasteiger partial charge in [0.1, 0.15) is 18.3 Å². The molecule has 10 heteroatoms. The summed E-state index contributed by atoms with van der Waals surface area (Å²) < 4.78 is 5.99. The van der Waals surface area contributed by atoms with Gasteiger partial charge in [-0.1, -0.05) is 26.0 Å². The zero-order valence-corrected chi connectivity index (χ0v) is 20.4. The number of para-hydroxylation sites is 1. The summed E-state index contributed by atoms with van der Waals surface area (Å²) in [6.45, 7) is 5.93. The van der Waals surface area contributed by atoms with Gasteiger partial charge >= 0.3 is 0 Å². The molecule has 3 N–H and O–H groups in total. The third-order valence-corrected chi connectivity index (χ3v) is 6.68. The Balaban J connectivity index is 1.61. The Hall–Kier alpha value is -3.37. The Morgan fingerprint density at radius 1 is 1.17 bits per heavy atom. The van der Waals surface area contributed by atoms with Gasteiger partial charge in [0, 0.05) is 24.4 Å². The number of benzene rings is 1. The van der Waals surface area contributed by atoms with Gasteiger partial charge in [-0.25, -0.2) is 9.97 Å². The van der Waals surface area contributed by atoms with Crippen LogP contribution in [0.2, 0.25) is 0 Å². The molecule has 186 valence electrons. The van der Waals surface area contributed by atoms with Crippen molar-refractivity contribution in [2.45, 2.75) is 58.0 Å². The van der Waals surface area contributed by atoms with Gasteiger partial charge < -0.3 is 25.6 Å². The summed E-state index contributed by atoms with van der Waals surface area (Å²) in [5, 5.41) is 8.69. The van der Waals surface area contributed by atoms with Crippen LogP contribution in [0.15, 0.2) is 42.7 Å². The van der Waals surface area contributed by atoms with Crippen molar-refractivity contribution >= 4 is 23.4 Å². The molecule has 3 amide bonds. The van der Waals surface area contributed by atoms with E-state index >= 15 is 0 Å². The lowest BCUT2D eigenvalue weighted by Gasteiger charge is -2.33. The fraction of sp³-hybridized carbons (Fsp3) is 0.480. The summed E-state index contributed by atoms with van der Waals surface area (Å²) in [7, 11) is 1.68. The van der Waals surface area contributed by atoms with E-state index in [0.717, 1.165) is 0 Å². The average Bonchev–Trinajstić information content (AvgIpc) is 3.04. The smallest absolute Gasteiger partial charge is 0.247 e. The molecule has 2 aliphatic rings. The summed E-state index contributed by atoms with van der Waals surface area (Å²) in [6.07, 6.45) is 3.60. The van der Waals surface area contributed by atoms with Gasteiger partial charge in [0.05, 0.1) is 18.3 Å². The predicted octanol–water partition coefficient (Wildman–Crippen LogP) is 1.55. The maximum atomic E-state index is 13.7. The molecule has 35 heavy (non-hydrogen) atoms. The normalized spacial score (nSPS) is 24.3. The van der Waals surface area contributed by atoms with Crippen LogP contribution in [0, 0.1) is 5.41 Å². The first-order valence-corrected chi connectivity index (χ1v) is 11.8. The number of aromatic nitrogens is 2. The van der Waals surface area contributed by atoms with E-state index in [-0.39, 0.29) is 17.7 Å². The molecule has 2 aliphatic heterocycles. The molecular weight excluding hydrogens is 448 g/mol. The quantitative estimate of drug-likeness (QED) is 0.573. The van der Waals surface area contributed by atoms with Gasteiger partial charge in [-0.05, 0) is 44.0 Å². The Morgan fingerprint density at radius 2 is 1.89 bits per heavy atom. The van der Waals surface area contributed by atoms with E-state index in [1.54, 1.807) is 38.5 Å². The van der Waals surface area contributed by atoms with E-state index in [9.17, 15) is 14.4 Å². The number of fused-ring (bicyclic) bond motifs is 1. The van der Waals surface area contributed by atoms with E-state index in [4.69, 9.17) is 4.74 Å². The number of hydrogen-bond acceptors (Lipinski definition) is 7. The number of anilines is 1. The molecule has 0 spiro atoms. The highest BCUT2D eigenvalue weighted by Crippen LogP contribution is 2.43. The number of carbonyl (C=O) groups is 3. The molecule has 4 rings (SSSR count). The second-order valence-corrected chi connectivity index (χ2v) is 9.63. The lowest BCUT2D eigenvalue weighted by Crippen LogP contribution is -2.57. The molecule has 10 nitrogen and oxygen atoms in total. The number of ether oxygens (including phenoxy) is 1. The van der Waals surface area contributed by atoms with Crippen LogP contribution in [0.3, 0.4) is 0 Å². The standard InChI is InChI=1S/C25H32N6O4/c1-15(26-4)22(32)30-18-10-13-35-19-14-25(2,3)20(31(19)24(18)34)23(33)29-17-9-6-5-8-16(17)21-27-11-7-12-28-21/h5-9,11-12,15,18-20,26H,10,13-14H2,1-4H3,(H,29,33)(H,30,32)/t15-,18-,19?,20+/m0/s1. The Labute approximate surface area is 204 Å². The van der Waals surface area contributed by atoms with Crippen molar-refractivity contribution in [2.75, 3.05) is 19.0 Å². The molecule has 0 bridgehead atoms. The summed E-state index contributed by atoms with van der Waals surface area (Å²) in [6, 6.07) is 7.01. The monoisotopic (exact) mass is 480 g/mol. The second-order valence-electron chi connectivity index (χ2n) is 9.63. The van der Waals surface area contributed by atoms with E-state index in [2.05, 4.69) is 25.9 Å². The van der Waals surface area contributed by atoms with Gasteiger partial charge in [0.15, 0.2) is 5.82 Å². The maximum Gasteiger partial charge on any atom is 0.247 e. The van der Waals surface area contributed by atoms with E-state index in [1.807, 2.05) is 32.0 Å². The third-order valence-electron chi connectivity index (χ3n) is 6.68. The largest absolute Gasteiger partial charge is 0.358 e. The molecule has 4 atom stereocenters. The minimum Gasteiger partial charge on any atom is -0.358 e. The first-order valence-electron chi connectivity index (χ1n) is 11.8. The minimum atomic E-state index is -0.788. The van der Waals surface area contributed by atoms with Gasteiger partial charge in [-0.2, -0.15) is 0 Å². The highest BCUT2D eigenvalue weighted by atomic mass is 16.5. The Kier molecular flexibility index (Phi) is 7.13. The van der Waals surface area contributed by atoms with Crippen LogP contribution in [0.25, 0.3) is 11.4 Å². The lowest BCUT2D eigenvalue weighted by molar-refractivity contribution is -0.148. The third kappa shape index (κ3) is 5.03. The minimum absolute atomic E-state index is 0.277. The fourth-order valence-corrected chi connectivity index (χ4v) is 4.71. The number of likely N-dealkylation sites (N-methyl/N-ethyl adjacent to an activating group) is 1. The van der Waals surface area contributed by atoms with Crippen molar-refractivity contribution in [3.8, 4) is 11.4 Å². The zero-order valence-electron chi connectivity index (χ0n) is 20.4. The first kappa shape index (κ1) is 24.7. The molecule has 3 heterocycles. The maximum absolute atomic E-state index is 13.7. The van der Waals surface area contributed by atoms with Crippen molar-refractivity contribution in [1.82, 2.24) is 25.5 Å². The number of amides is 3. The van der Waals surface area contributed by atoms with Crippen molar-refractivity contribution in [3.05, 3.63) is 42.7 Å². The molecule has 1 aromatic carbocycles.